The Bertz CT molecular complexity index is 1690. The molecule has 1 saturated heterocycles. The zero-order chi connectivity index (χ0) is 33.8. The van der Waals surface area contributed by atoms with Crippen LogP contribution in [0.3, 0.4) is 0 Å². The molecule has 0 radical (unpaired) electrons. The molecule has 2 fully saturated rings. The van der Waals surface area contributed by atoms with Gasteiger partial charge in [-0.25, -0.2) is 0 Å². The number of ether oxygens (including phenoxy) is 6. The second-order valence-electron chi connectivity index (χ2n) is 12.2. The van der Waals surface area contributed by atoms with Crippen LogP contribution in [0.1, 0.15) is 47.2 Å². The van der Waals surface area contributed by atoms with E-state index in [0.29, 0.717) is 47.3 Å². The Hall–Kier alpha value is -5.13. The van der Waals surface area contributed by atoms with Gasteiger partial charge in [0, 0.05) is 36.3 Å². The van der Waals surface area contributed by atoms with E-state index in [9.17, 15) is 14.4 Å². The topological polar surface area (TPSA) is 134 Å². The number of carbonyl (C=O) groups is 3. The summed E-state index contributed by atoms with van der Waals surface area (Å²) in [5, 5.41) is 5.94. The summed E-state index contributed by atoms with van der Waals surface area (Å²) in [5.41, 5.74) is 1.16. The summed E-state index contributed by atoms with van der Waals surface area (Å²) in [6.07, 6.45) is 2.65. The van der Waals surface area contributed by atoms with E-state index >= 15 is 0 Å². The molecule has 0 unspecified atom stereocenters. The van der Waals surface area contributed by atoms with Gasteiger partial charge < -0.3 is 44.0 Å². The van der Waals surface area contributed by atoms with Gasteiger partial charge >= 0.3 is 0 Å². The first-order valence-electron chi connectivity index (χ1n) is 16.0. The number of amides is 3. The molecule has 12 heteroatoms. The largest absolute Gasteiger partial charge is 0.497 e. The summed E-state index contributed by atoms with van der Waals surface area (Å²) in [7, 11) is 6.20. The fourth-order valence-electron chi connectivity index (χ4n) is 6.91. The third-order valence-electron chi connectivity index (χ3n) is 9.44. The van der Waals surface area contributed by atoms with Gasteiger partial charge in [0.2, 0.25) is 5.91 Å². The number of nitrogens with zero attached hydrogens (tertiary/aromatic N) is 1. The highest BCUT2D eigenvalue weighted by Crippen LogP contribution is 2.45. The Labute approximate surface area is 279 Å². The van der Waals surface area contributed by atoms with Gasteiger partial charge in [0.25, 0.3) is 11.8 Å². The van der Waals surface area contributed by atoms with E-state index in [0.717, 1.165) is 24.0 Å². The maximum Gasteiger partial charge on any atom is 0.258 e. The molecule has 48 heavy (non-hydrogen) atoms. The van der Waals surface area contributed by atoms with E-state index in [2.05, 4.69) is 10.6 Å². The minimum absolute atomic E-state index is 0.0135. The van der Waals surface area contributed by atoms with E-state index in [1.165, 1.54) is 7.11 Å². The summed E-state index contributed by atoms with van der Waals surface area (Å²) in [5.74, 6) is 2.14. The third-order valence-corrected chi connectivity index (χ3v) is 9.44. The van der Waals surface area contributed by atoms with Gasteiger partial charge in [0.05, 0.1) is 46.4 Å². The predicted octanol–water partition coefficient (Wildman–Crippen LogP) is 3.63. The molecule has 0 aromatic heterocycles. The molecule has 3 aliphatic heterocycles. The van der Waals surface area contributed by atoms with Crippen molar-refractivity contribution in [1.29, 1.82) is 0 Å². The second kappa shape index (κ2) is 13.9. The molecule has 2 atom stereocenters. The van der Waals surface area contributed by atoms with Crippen molar-refractivity contribution in [2.45, 2.75) is 49.8 Å². The minimum atomic E-state index is -0.745. The van der Waals surface area contributed by atoms with Crippen LogP contribution in [0, 0.1) is 0 Å². The van der Waals surface area contributed by atoms with Crippen LogP contribution in [0.2, 0.25) is 0 Å². The van der Waals surface area contributed by atoms with Crippen LogP contribution in [0.4, 0.5) is 0 Å². The first-order chi connectivity index (χ1) is 23.3. The monoisotopic (exact) mass is 659 g/mol. The van der Waals surface area contributed by atoms with E-state index in [-0.39, 0.29) is 43.6 Å². The van der Waals surface area contributed by atoms with Crippen molar-refractivity contribution in [3.63, 3.8) is 0 Å². The number of methoxy groups -OCH3 is 4. The summed E-state index contributed by atoms with van der Waals surface area (Å²) in [6, 6.07) is 15.3. The summed E-state index contributed by atoms with van der Waals surface area (Å²) < 4.78 is 34.3. The molecule has 3 aromatic rings. The van der Waals surface area contributed by atoms with E-state index in [1.54, 1.807) is 56.6 Å². The molecule has 12 nitrogen and oxygen atoms in total. The molecule has 1 saturated carbocycles. The number of rotatable bonds is 6. The highest BCUT2D eigenvalue weighted by molar-refractivity contribution is 5.95. The van der Waals surface area contributed by atoms with Gasteiger partial charge in [-0.05, 0) is 54.8 Å². The van der Waals surface area contributed by atoms with Crippen LogP contribution in [0.25, 0.3) is 0 Å². The molecule has 7 rings (SSSR count). The van der Waals surface area contributed by atoms with Gasteiger partial charge in [0.15, 0.2) is 18.1 Å². The number of fused-ring (bicyclic) bond motifs is 7. The van der Waals surface area contributed by atoms with Crippen molar-refractivity contribution in [3.05, 3.63) is 71.3 Å². The number of carbonyl (C=O) groups excluding carboxylic acids is 3. The van der Waals surface area contributed by atoms with E-state index in [1.807, 2.05) is 24.3 Å². The van der Waals surface area contributed by atoms with Crippen LogP contribution >= 0.6 is 0 Å². The molecule has 1 aliphatic carbocycles. The highest BCUT2D eigenvalue weighted by Gasteiger charge is 2.49. The van der Waals surface area contributed by atoms with Gasteiger partial charge in [-0.15, -0.1) is 0 Å². The SMILES string of the molecule is COc1cc2cc(c1)C(=O)N[C@H]1CN(C(=O)C3(c4ccc(OC)c(OC)c4)CCCC3)C[C@@H]1Oc1ccc(c(OC)c1)CNC(=O)CO2. The lowest BCUT2D eigenvalue weighted by Crippen LogP contribution is -2.46. The van der Waals surface area contributed by atoms with Crippen molar-refractivity contribution in [3.8, 4) is 34.5 Å². The Morgan fingerprint density at radius 2 is 1.60 bits per heavy atom. The van der Waals surface area contributed by atoms with Crippen LogP contribution in [-0.2, 0) is 21.5 Å². The Kier molecular flexibility index (Phi) is 9.51. The van der Waals surface area contributed by atoms with Crippen LogP contribution in [0.5, 0.6) is 34.5 Å². The quantitative estimate of drug-likeness (QED) is 0.407. The fourth-order valence-corrected chi connectivity index (χ4v) is 6.91. The molecular weight excluding hydrogens is 618 g/mol. The normalized spacial score (nSPS) is 20.4. The standard InChI is InChI=1S/C36H41N3O9/c1-43-26-13-23-14-27(16-26)47-21-33(40)37-18-22-7-9-25(17-30(22)45-3)48-32-20-39(19-28(32)38-34(23)41)35(42)36(11-5-6-12-36)24-8-10-29(44-2)31(15-24)46-4/h7-10,13-17,28,32H,5-6,11-12,18-21H2,1-4H3,(H,37,40)(H,38,41)/t28-,32-/m0/s1. The fraction of sp³-hybridized carbons (Fsp3) is 0.417. The van der Waals surface area contributed by atoms with Crippen molar-refractivity contribution in [2.75, 3.05) is 48.1 Å². The number of likely N-dealkylation sites (tertiary alicyclic amines) is 1. The average Bonchev–Trinajstić information content (AvgIpc) is 3.77. The Morgan fingerprint density at radius 1 is 0.833 bits per heavy atom. The maximum absolute atomic E-state index is 14.6. The Balaban J connectivity index is 1.35. The third kappa shape index (κ3) is 6.51. The minimum Gasteiger partial charge on any atom is -0.497 e. The summed E-state index contributed by atoms with van der Waals surface area (Å²) in [6.45, 7) is 0.444. The zero-order valence-corrected chi connectivity index (χ0v) is 27.6. The van der Waals surface area contributed by atoms with Crippen molar-refractivity contribution in [1.82, 2.24) is 15.5 Å². The number of nitrogens with one attached hydrogen (secondary N) is 2. The second-order valence-corrected chi connectivity index (χ2v) is 12.2. The molecule has 4 bridgehead atoms. The zero-order valence-electron chi connectivity index (χ0n) is 27.6. The number of hydrogen-bond donors (Lipinski definition) is 2. The molecule has 4 aliphatic rings. The van der Waals surface area contributed by atoms with Crippen LogP contribution in [-0.4, -0.2) is 82.9 Å². The molecule has 3 amide bonds. The average molecular weight is 660 g/mol. The number of benzene rings is 3. The Morgan fingerprint density at radius 3 is 2.33 bits per heavy atom. The van der Waals surface area contributed by atoms with Gasteiger partial charge in [-0.2, -0.15) is 0 Å². The molecule has 254 valence electrons. The first-order valence-corrected chi connectivity index (χ1v) is 16.0. The maximum atomic E-state index is 14.6. The van der Waals surface area contributed by atoms with Gasteiger partial charge in [0.1, 0.15) is 29.1 Å². The van der Waals surface area contributed by atoms with Gasteiger partial charge in [-0.1, -0.05) is 18.9 Å². The smallest absolute Gasteiger partial charge is 0.258 e. The lowest BCUT2D eigenvalue weighted by molar-refractivity contribution is -0.136. The predicted molar refractivity (Wildman–Crippen MR) is 175 cm³/mol. The molecule has 2 N–H and O–H groups in total. The summed E-state index contributed by atoms with van der Waals surface area (Å²) >= 11 is 0. The molecule has 0 spiro atoms. The van der Waals surface area contributed by atoms with E-state index < -0.39 is 23.5 Å². The molecular formula is C36H41N3O9. The molecule has 3 heterocycles. The van der Waals surface area contributed by atoms with Crippen molar-refractivity contribution >= 4 is 17.7 Å². The molecule has 3 aromatic carbocycles. The lowest BCUT2D eigenvalue weighted by atomic mass is 9.77. The van der Waals surface area contributed by atoms with E-state index in [4.69, 9.17) is 28.4 Å². The summed E-state index contributed by atoms with van der Waals surface area (Å²) in [4.78, 5) is 42.8. The van der Waals surface area contributed by atoms with Gasteiger partial charge in [-0.3, -0.25) is 14.4 Å². The van der Waals surface area contributed by atoms with Crippen LogP contribution in [0.15, 0.2) is 54.6 Å². The highest BCUT2D eigenvalue weighted by atomic mass is 16.5. The number of hydrogen-bond acceptors (Lipinski definition) is 9. The first kappa shape index (κ1) is 32.8. The lowest BCUT2D eigenvalue weighted by Gasteiger charge is -2.33. The van der Waals surface area contributed by atoms with Crippen molar-refractivity contribution in [2.24, 2.45) is 0 Å². The van der Waals surface area contributed by atoms with Crippen LogP contribution < -0.4 is 39.1 Å². The van der Waals surface area contributed by atoms with Crippen molar-refractivity contribution < 1.29 is 42.8 Å².